The monoisotopic (exact) mass is 337 g/mol. The normalized spacial score (nSPS) is 21.8. The first-order valence-electron chi connectivity index (χ1n) is 9.99. The van der Waals surface area contributed by atoms with Gasteiger partial charge in [0.1, 0.15) is 0 Å². The number of carbonyl (C=O) groups excluding carboxylic acids is 2. The van der Waals surface area contributed by atoms with Crippen LogP contribution in [0.3, 0.4) is 0 Å². The number of ether oxygens (including phenoxy) is 1. The Morgan fingerprint density at radius 3 is 2.08 bits per heavy atom. The van der Waals surface area contributed by atoms with Crippen molar-refractivity contribution in [2.75, 3.05) is 13.7 Å². The fraction of sp³-hybridized carbons (Fsp3) is 0.900. The number of carbonyl (C=O) groups is 2. The minimum Gasteiger partial charge on any atom is -0.469 e. The van der Waals surface area contributed by atoms with Crippen molar-refractivity contribution in [2.24, 2.45) is 11.8 Å². The van der Waals surface area contributed by atoms with Crippen molar-refractivity contribution < 1.29 is 14.3 Å². The van der Waals surface area contributed by atoms with E-state index in [2.05, 4.69) is 0 Å². The third-order valence-corrected chi connectivity index (χ3v) is 5.85. The lowest BCUT2D eigenvalue weighted by atomic mass is 9.86. The van der Waals surface area contributed by atoms with Gasteiger partial charge in [0.2, 0.25) is 5.91 Å². The van der Waals surface area contributed by atoms with Crippen molar-refractivity contribution in [1.29, 1.82) is 0 Å². The van der Waals surface area contributed by atoms with Crippen LogP contribution in [-0.4, -0.2) is 36.5 Å². The number of nitrogens with zero attached hydrogens (tertiary/aromatic N) is 1. The summed E-state index contributed by atoms with van der Waals surface area (Å²) in [6.45, 7) is 2.40. The van der Waals surface area contributed by atoms with Crippen LogP contribution in [0.4, 0.5) is 0 Å². The van der Waals surface area contributed by atoms with Gasteiger partial charge < -0.3 is 9.64 Å². The average molecular weight is 338 g/mol. The predicted octanol–water partition coefficient (Wildman–Crippen LogP) is 4.32. The van der Waals surface area contributed by atoms with Crippen molar-refractivity contribution in [3.05, 3.63) is 0 Å². The van der Waals surface area contributed by atoms with Gasteiger partial charge in [0.25, 0.3) is 0 Å². The summed E-state index contributed by atoms with van der Waals surface area (Å²) in [5.74, 6) is 0.366. The number of hydrogen-bond donors (Lipinski definition) is 0. The van der Waals surface area contributed by atoms with Gasteiger partial charge in [0.15, 0.2) is 0 Å². The van der Waals surface area contributed by atoms with E-state index in [4.69, 9.17) is 4.74 Å². The second-order valence-corrected chi connectivity index (χ2v) is 7.82. The molecule has 4 heteroatoms. The van der Waals surface area contributed by atoms with E-state index in [0.717, 1.165) is 12.8 Å². The lowest BCUT2D eigenvalue weighted by Gasteiger charge is -2.34. The summed E-state index contributed by atoms with van der Waals surface area (Å²) in [6, 6.07) is 0.315. The van der Waals surface area contributed by atoms with Crippen LogP contribution in [0, 0.1) is 11.8 Å². The van der Waals surface area contributed by atoms with Gasteiger partial charge in [-0.1, -0.05) is 51.9 Å². The second kappa shape index (κ2) is 10.0. The first kappa shape index (κ1) is 19.3. The Morgan fingerprint density at radius 1 is 0.958 bits per heavy atom. The number of esters is 1. The van der Waals surface area contributed by atoms with Crippen molar-refractivity contribution in [3.63, 3.8) is 0 Å². The molecule has 2 aliphatic carbocycles. The Kier molecular flexibility index (Phi) is 8.07. The van der Waals surface area contributed by atoms with Crippen LogP contribution in [0.5, 0.6) is 0 Å². The summed E-state index contributed by atoms with van der Waals surface area (Å²) in [6.07, 6.45) is 14.0. The molecule has 0 radical (unpaired) electrons. The molecule has 0 bridgehead atoms. The van der Waals surface area contributed by atoms with Crippen LogP contribution >= 0.6 is 0 Å². The van der Waals surface area contributed by atoms with Crippen LogP contribution in [0.2, 0.25) is 0 Å². The van der Waals surface area contributed by atoms with Crippen LogP contribution < -0.4 is 0 Å². The van der Waals surface area contributed by atoms with Gasteiger partial charge in [-0.15, -0.1) is 0 Å². The first-order valence-corrected chi connectivity index (χ1v) is 9.99. The summed E-state index contributed by atoms with van der Waals surface area (Å²) in [7, 11) is 1.43. The van der Waals surface area contributed by atoms with Crippen molar-refractivity contribution in [3.8, 4) is 0 Å². The number of rotatable bonds is 6. The summed E-state index contributed by atoms with van der Waals surface area (Å²) in [5.41, 5.74) is 0. The van der Waals surface area contributed by atoms with Crippen LogP contribution in [-0.2, 0) is 14.3 Å². The van der Waals surface area contributed by atoms with Gasteiger partial charge in [-0.05, 0) is 31.6 Å². The Morgan fingerprint density at radius 2 is 1.50 bits per heavy atom. The molecule has 0 aliphatic heterocycles. The zero-order valence-corrected chi connectivity index (χ0v) is 15.6. The molecule has 0 heterocycles. The minimum atomic E-state index is -0.242. The maximum Gasteiger partial charge on any atom is 0.310 e. The highest BCUT2D eigenvalue weighted by Gasteiger charge is 2.30. The summed E-state index contributed by atoms with van der Waals surface area (Å²) in [4.78, 5) is 26.9. The maximum atomic E-state index is 13.0. The Labute approximate surface area is 147 Å². The van der Waals surface area contributed by atoms with E-state index >= 15 is 0 Å². The van der Waals surface area contributed by atoms with Gasteiger partial charge in [-0.25, -0.2) is 0 Å². The molecule has 1 atom stereocenters. The third-order valence-electron chi connectivity index (χ3n) is 5.85. The predicted molar refractivity (Wildman–Crippen MR) is 95.6 cm³/mol. The van der Waals surface area contributed by atoms with E-state index in [1.807, 2.05) is 11.8 Å². The van der Waals surface area contributed by atoms with E-state index in [1.165, 1.54) is 64.9 Å². The SMILES string of the molecule is COC(=O)C(C)CN(C(=O)CC1CCCCC1)C1CCCCCC1. The van der Waals surface area contributed by atoms with Crippen molar-refractivity contribution in [2.45, 2.75) is 90.0 Å². The molecule has 24 heavy (non-hydrogen) atoms. The first-order chi connectivity index (χ1) is 11.6. The molecule has 0 spiro atoms. The van der Waals surface area contributed by atoms with Crippen molar-refractivity contribution >= 4 is 11.9 Å². The number of methoxy groups -OCH3 is 1. The Bertz CT molecular complexity index is 396. The van der Waals surface area contributed by atoms with Crippen LogP contribution in [0.25, 0.3) is 0 Å². The third kappa shape index (κ3) is 5.78. The molecular weight excluding hydrogens is 302 g/mol. The molecule has 2 rings (SSSR count). The van der Waals surface area contributed by atoms with Crippen molar-refractivity contribution in [1.82, 2.24) is 4.90 Å². The average Bonchev–Trinajstić information content (AvgIpc) is 2.88. The van der Waals surface area contributed by atoms with Gasteiger partial charge in [-0.2, -0.15) is 0 Å². The fourth-order valence-electron chi connectivity index (χ4n) is 4.35. The van der Waals surface area contributed by atoms with Crippen LogP contribution in [0.15, 0.2) is 0 Å². The maximum absolute atomic E-state index is 13.0. The summed E-state index contributed by atoms with van der Waals surface area (Å²) in [5, 5.41) is 0. The zero-order chi connectivity index (χ0) is 17.4. The van der Waals surface area contributed by atoms with E-state index in [0.29, 0.717) is 24.9 Å². The second-order valence-electron chi connectivity index (χ2n) is 7.82. The summed E-state index contributed by atoms with van der Waals surface area (Å²) >= 11 is 0. The molecule has 0 aromatic heterocycles. The Hall–Kier alpha value is -1.06. The minimum absolute atomic E-state index is 0.209. The van der Waals surface area contributed by atoms with E-state index in [9.17, 15) is 9.59 Å². The smallest absolute Gasteiger partial charge is 0.310 e. The summed E-state index contributed by atoms with van der Waals surface area (Å²) < 4.78 is 4.88. The molecular formula is C20H35NO3. The van der Waals surface area contributed by atoms with E-state index in [-0.39, 0.29) is 17.8 Å². The molecule has 0 aromatic carbocycles. The zero-order valence-electron chi connectivity index (χ0n) is 15.6. The molecule has 0 N–H and O–H groups in total. The lowest BCUT2D eigenvalue weighted by molar-refractivity contribution is -0.147. The van der Waals surface area contributed by atoms with Gasteiger partial charge in [-0.3, -0.25) is 9.59 Å². The quantitative estimate of drug-likeness (QED) is 0.536. The standard InChI is InChI=1S/C20H35NO3/c1-16(20(23)24-2)15-21(18-12-8-3-4-9-13-18)19(22)14-17-10-6-5-7-11-17/h16-18H,3-15H2,1-2H3. The van der Waals surface area contributed by atoms with Gasteiger partial charge >= 0.3 is 5.97 Å². The molecule has 138 valence electrons. The topological polar surface area (TPSA) is 46.6 Å². The molecule has 2 fully saturated rings. The lowest BCUT2D eigenvalue weighted by Crippen LogP contribution is -2.44. The van der Waals surface area contributed by atoms with Crippen LogP contribution in [0.1, 0.15) is 84.0 Å². The van der Waals surface area contributed by atoms with Gasteiger partial charge in [0, 0.05) is 19.0 Å². The Balaban J connectivity index is 2.01. The molecule has 4 nitrogen and oxygen atoms in total. The molecule has 1 amide bonds. The molecule has 0 aromatic rings. The fourth-order valence-corrected chi connectivity index (χ4v) is 4.35. The molecule has 2 saturated carbocycles. The molecule has 2 aliphatic rings. The highest BCUT2D eigenvalue weighted by Crippen LogP contribution is 2.29. The van der Waals surface area contributed by atoms with E-state index < -0.39 is 0 Å². The van der Waals surface area contributed by atoms with E-state index in [1.54, 1.807) is 0 Å². The molecule has 1 unspecified atom stereocenters. The number of hydrogen-bond acceptors (Lipinski definition) is 3. The highest BCUT2D eigenvalue weighted by atomic mass is 16.5. The number of amides is 1. The highest BCUT2D eigenvalue weighted by molar-refractivity contribution is 5.78. The molecule has 0 saturated heterocycles. The van der Waals surface area contributed by atoms with Gasteiger partial charge in [0.05, 0.1) is 13.0 Å². The largest absolute Gasteiger partial charge is 0.469 e.